The lowest BCUT2D eigenvalue weighted by atomic mass is 10.0. The first-order valence-electron chi connectivity index (χ1n) is 10.0. The highest BCUT2D eigenvalue weighted by molar-refractivity contribution is 8.13. The van der Waals surface area contributed by atoms with E-state index in [1.54, 1.807) is 26.0 Å². The molecule has 1 atom stereocenters. The maximum Gasteiger partial charge on any atom is 0.316 e. The molecule has 7 nitrogen and oxygen atoms in total. The third-order valence-electron chi connectivity index (χ3n) is 5.73. The molecule has 1 N–H and O–H groups in total. The van der Waals surface area contributed by atoms with E-state index in [1.807, 2.05) is 36.4 Å². The van der Waals surface area contributed by atoms with E-state index in [9.17, 15) is 5.11 Å². The summed E-state index contributed by atoms with van der Waals surface area (Å²) in [6.07, 6.45) is 1.00. The van der Waals surface area contributed by atoms with Gasteiger partial charge in [0.1, 0.15) is 19.0 Å². The van der Waals surface area contributed by atoms with Crippen molar-refractivity contribution in [1.29, 1.82) is 0 Å². The minimum Gasteiger partial charge on any atom is -0.497 e. The summed E-state index contributed by atoms with van der Waals surface area (Å²) in [5.41, 5.74) is 0.475. The molecule has 0 aliphatic carbocycles. The molecule has 0 aromatic heterocycles. The van der Waals surface area contributed by atoms with Crippen LogP contribution < -0.4 is 23.8 Å². The molecule has 0 saturated heterocycles. The molecule has 0 saturated carbocycles. The minimum atomic E-state index is -1.19. The van der Waals surface area contributed by atoms with Gasteiger partial charge in [-0.25, -0.2) is 9.48 Å². The number of benzene rings is 2. The number of hydrogen-bond donors (Lipinski definition) is 1. The number of nitrogens with zero attached hydrogens (tertiary/aromatic N) is 2. The monoisotopic (exact) mass is 429 g/mol. The van der Waals surface area contributed by atoms with Crippen LogP contribution in [0.15, 0.2) is 36.4 Å². The molecule has 3 aliphatic rings. The molecule has 0 fully saturated rings. The Kier molecular flexibility index (Phi) is 4.91. The molecule has 0 bridgehead atoms. The Hall–Kier alpha value is -2.58. The van der Waals surface area contributed by atoms with E-state index in [2.05, 4.69) is 9.48 Å². The van der Waals surface area contributed by atoms with Crippen molar-refractivity contribution in [3.63, 3.8) is 0 Å². The Morgan fingerprint density at radius 2 is 1.90 bits per heavy atom. The maximum absolute atomic E-state index is 12.0. The Balaban J connectivity index is 1.60. The van der Waals surface area contributed by atoms with Crippen LogP contribution >= 0.6 is 11.8 Å². The molecule has 3 heterocycles. The third kappa shape index (κ3) is 3.06. The van der Waals surface area contributed by atoms with E-state index >= 15 is 0 Å². The van der Waals surface area contributed by atoms with Gasteiger partial charge in [-0.3, -0.25) is 0 Å². The van der Waals surface area contributed by atoms with E-state index in [-0.39, 0.29) is 0 Å². The first-order chi connectivity index (χ1) is 14.6. The van der Waals surface area contributed by atoms with Gasteiger partial charge in [-0.15, -0.1) is 0 Å². The van der Waals surface area contributed by atoms with Crippen LogP contribution in [-0.2, 0) is 5.72 Å². The van der Waals surface area contributed by atoms with Crippen LogP contribution in [0.3, 0.4) is 0 Å². The average Bonchev–Trinajstić information content (AvgIpc) is 3.12. The summed E-state index contributed by atoms with van der Waals surface area (Å²) in [5.74, 6) is 3.88. The predicted molar refractivity (Wildman–Crippen MR) is 115 cm³/mol. The normalized spacial score (nSPS) is 22.7. The summed E-state index contributed by atoms with van der Waals surface area (Å²) in [5, 5.41) is 13.0. The number of fused-ring (bicyclic) bond motifs is 1. The number of aliphatic hydroxyl groups is 1. The molecular weight excluding hydrogens is 404 g/mol. The number of methoxy groups -OCH3 is 2. The zero-order valence-electron chi connectivity index (χ0n) is 17.1. The van der Waals surface area contributed by atoms with Crippen molar-refractivity contribution in [1.82, 2.24) is 0 Å². The van der Waals surface area contributed by atoms with Gasteiger partial charge in [0.25, 0.3) is 5.72 Å². The van der Waals surface area contributed by atoms with Gasteiger partial charge in [0, 0.05) is 17.4 Å². The summed E-state index contributed by atoms with van der Waals surface area (Å²) >= 11 is 1.75. The predicted octanol–water partition coefficient (Wildman–Crippen LogP) is 2.65. The van der Waals surface area contributed by atoms with E-state index in [0.717, 1.165) is 52.4 Å². The van der Waals surface area contributed by atoms with Crippen LogP contribution in [0, 0.1) is 0 Å². The molecule has 2 aromatic carbocycles. The average molecular weight is 430 g/mol. The SMILES string of the molecule is COc1ccc(OC)c(N2CC(O)(c3ccc4c(c3)OCCO4)[N+]3=C2SCCC3)c1. The zero-order chi connectivity index (χ0) is 20.7. The fraction of sp³-hybridized carbons (Fsp3) is 0.409. The molecular formula is C22H25N2O5S+. The summed E-state index contributed by atoms with van der Waals surface area (Å²) in [7, 11) is 3.31. The lowest BCUT2D eigenvalue weighted by Gasteiger charge is -2.26. The van der Waals surface area contributed by atoms with Gasteiger partial charge < -0.3 is 24.1 Å². The van der Waals surface area contributed by atoms with Crippen molar-refractivity contribution >= 4 is 22.6 Å². The first-order valence-corrected chi connectivity index (χ1v) is 11.0. The van der Waals surface area contributed by atoms with Gasteiger partial charge in [0.2, 0.25) is 0 Å². The van der Waals surface area contributed by atoms with Crippen LogP contribution in [0.5, 0.6) is 23.0 Å². The van der Waals surface area contributed by atoms with Crippen LogP contribution in [0.2, 0.25) is 0 Å². The van der Waals surface area contributed by atoms with Gasteiger partial charge in [0.15, 0.2) is 29.5 Å². The van der Waals surface area contributed by atoms with Crippen molar-refractivity contribution < 1.29 is 28.6 Å². The van der Waals surface area contributed by atoms with Gasteiger partial charge in [-0.2, -0.15) is 0 Å². The fourth-order valence-electron chi connectivity index (χ4n) is 4.24. The fourth-order valence-corrected chi connectivity index (χ4v) is 5.41. The number of rotatable bonds is 4. The molecule has 30 heavy (non-hydrogen) atoms. The summed E-state index contributed by atoms with van der Waals surface area (Å²) in [6.45, 7) is 2.20. The molecule has 0 spiro atoms. The van der Waals surface area contributed by atoms with Crippen LogP contribution in [0.4, 0.5) is 5.69 Å². The molecule has 3 aliphatic heterocycles. The highest BCUT2D eigenvalue weighted by Gasteiger charge is 2.54. The van der Waals surface area contributed by atoms with Crippen molar-refractivity contribution in [2.75, 3.05) is 51.2 Å². The highest BCUT2D eigenvalue weighted by atomic mass is 32.2. The number of anilines is 1. The first kappa shape index (κ1) is 19.4. The summed E-state index contributed by atoms with van der Waals surface area (Å²) in [6, 6.07) is 11.4. The second-order valence-corrected chi connectivity index (χ2v) is 8.50. The number of amidine groups is 1. The van der Waals surface area contributed by atoms with E-state index < -0.39 is 5.72 Å². The molecule has 5 rings (SSSR count). The largest absolute Gasteiger partial charge is 0.497 e. The molecule has 158 valence electrons. The van der Waals surface area contributed by atoms with E-state index in [1.165, 1.54) is 0 Å². The molecule has 0 radical (unpaired) electrons. The van der Waals surface area contributed by atoms with Gasteiger partial charge in [-0.05, 0) is 48.5 Å². The maximum atomic E-state index is 12.0. The summed E-state index contributed by atoms with van der Waals surface area (Å²) in [4.78, 5) is 2.13. The van der Waals surface area contributed by atoms with Gasteiger partial charge in [0.05, 0.1) is 20.8 Å². The smallest absolute Gasteiger partial charge is 0.316 e. The minimum absolute atomic E-state index is 0.374. The number of β-amino-alcohol motifs (C(OH)–C–C–N with tert-alkyl or cyclic N) is 1. The second kappa shape index (κ2) is 7.59. The third-order valence-corrected chi connectivity index (χ3v) is 6.92. The molecule has 2 aromatic rings. The summed E-state index contributed by atoms with van der Waals surface area (Å²) < 4.78 is 24.6. The van der Waals surface area contributed by atoms with Gasteiger partial charge >= 0.3 is 5.17 Å². The second-order valence-electron chi connectivity index (χ2n) is 7.44. The van der Waals surface area contributed by atoms with Crippen molar-refractivity contribution in [2.24, 2.45) is 0 Å². The molecule has 1 unspecified atom stereocenters. The lowest BCUT2D eigenvalue weighted by molar-refractivity contribution is -0.656. The van der Waals surface area contributed by atoms with Gasteiger partial charge in [-0.1, -0.05) is 0 Å². The highest BCUT2D eigenvalue weighted by Crippen LogP contribution is 2.43. The number of hydrogen-bond acceptors (Lipinski definition) is 7. The molecule has 8 heteroatoms. The zero-order valence-corrected chi connectivity index (χ0v) is 17.9. The molecule has 0 amide bonds. The van der Waals surface area contributed by atoms with E-state index in [4.69, 9.17) is 18.9 Å². The van der Waals surface area contributed by atoms with Crippen LogP contribution in [0.25, 0.3) is 0 Å². The Bertz CT molecular complexity index is 1010. The Morgan fingerprint density at radius 1 is 1.07 bits per heavy atom. The Labute approximate surface area is 179 Å². The van der Waals surface area contributed by atoms with Crippen LogP contribution in [0.1, 0.15) is 12.0 Å². The topological polar surface area (TPSA) is 63.4 Å². The quantitative estimate of drug-likeness (QED) is 0.750. The number of ether oxygens (including phenoxy) is 4. The van der Waals surface area contributed by atoms with E-state index in [0.29, 0.717) is 25.5 Å². The van der Waals surface area contributed by atoms with Crippen molar-refractivity contribution in [3.05, 3.63) is 42.0 Å². The lowest BCUT2D eigenvalue weighted by Crippen LogP contribution is -2.41. The van der Waals surface area contributed by atoms with Crippen molar-refractivity contribution in [3.8, 4) is 23.0 Å². The van der Waals surface area contributed by atoms with Crippen LogP contribution in [-0.4, -0.2) is 61.1 Å². The standard InChI is InChI=1S/C22H25N2O5S/c1-26-16-5-7-18(27-2)17(13-16)23-14-22(25,24-8-3-11-30-21(23)24)15-4-6-19-20(12-15)29-10-9-28-19/h4-7,12-13,25H,3,8-11,14H2,1-2H3/q+1. The van der Waals surface area contributed by atoms with Crippen molar-refractivity contribution in [2.45, 2.75) is 12.1 Å². The Morgan fingerprint density at radius 3 is 2.70 bits per heavy atom. The number of thioether (sulfide) groups is 1.